The van der Waals surface area contributed by atoms with E-state index in [0.717, 1.165) is 24.2 Å². The first-order chi connectivity index (χ1) is 11.1. The maximum absolute atomic E-state index is 11.9. The van der Waals surface area contributed by atoms with Gasteiger partial charge in [-0.25, -0.2) is 9.48 Å². The van der Waals surface area contributed by atoms with Gasteiger partial charge in [0, 0.05) is 18.5 Å². The predicted molar refractivity (Wildman–Crippen MR) is 84.8 cm³/mol. The second-order valence-electron chi connectivity index (χ2n) is 5.50. The average Bonchev–Trinajstić information content (AvgIpc) is 3.29. The van der Waals surface area contributed by atoms with E-state index in [-0.39, 0.29) is 13.0 Å². The normalized spacial score (nSPS) is 13.6. The Morgan fingerprint density at radius 3 is 2.65 bits per heavy atom. The van der Waals surface area contributed by atoms with Crippen molar-refractivity contribution in [3.05, 3.63) is 42.1 Å². The van der Waals surface area contributed by atoms with Crippen LogP contribution < -0.4 is 10.6 Å². The molecule has 0 bridgehead atoms. The Labute approximate surface area is 133 Å². The molecule has 120 valence electrons. The molecule has 0 atom stereocenters. The molecule has 0 radical (unpaired) electrons. The minimum Gasteiger partial charge on any atom is -0.481 e. The Kier molecular flexibility index (Phi) is 4.27. The zero-order chi connectivity index (χ0) is 16.2. The summed E-state index contributed by atoms with van der Waals surface area (Å²) in [5, 5.41) is 18.4. The third-order valence-electron chi connectivity index (χ3n) is 3.59. The summed E-state index contributed by atoms with van der Waals surface area (Å²) in [6, 6.07) is 11.0. The highest BCUT2D eigenvalue weighted by atomic mass is 16.4. The molecule has 1 aromatic heterocycles. The number of nitrogens with one attached hydrogen (secondary N) is 2. The largest absolute Gasteiger partial charge is 0.481 e. The van der Waals surface area contributed by atoms with Gasteiger partial charge in [-0.2, -0.15) is 5.10 Å². The van der Waals surface area contributed by atoms with Crippen molar-refractivity contribution >= 4 is 17.8 Å². The number of para-hydroxylation sites is 1. The van der Waals surface area contributed by atoms with Gasteiger partial charge in [0.05, 0.1) is 17.8 Å². The van der Waals surface area contributed by atoms with E-state index in [1.54, 1.807) is 4.68 Å². The highest BCUT2D eigenvalue weighted by Crippen LogP contribution is 2.40. The van der Waals surface area contributed by atoms with E-state index in [2.05, 4.69) is 15.7 Å². The van der Waals surface area contributed by atoms with Crippen LogP contribution in [0.5, 0.6) is 0 Å². The highest BCUT2D eigenvalue weighted by Gasteiger charge is 2.27. The number of amides is 2. The van der Waals surface area contributed by atoms with E-state index in [1.807, 2.05) is 36.4 Å². The van der Waals surface area contributed by atoms with E-state index < -0.39 is 12.0 Å². The summed E-state index contributed by atoms with van der Waals surface area (Å²) in [4.78, 5) is 22.4. The number of benzene rings is 1. The summed E-state index contributed by atoms with van der Waals surface area (Å²) < 4.78 is 1.70. The molecule has 2 amide bonds. The number of carbonyl (C=O) groups is 2. The lowest BCUT2D eigenvalue weighted by Gasteiger charge is -2.09. The van der Waals surface area contributed by atoms with Crippen molar-refractivity contribution < 1.29 is 14.7 Å². The maximum Gasteiger partial charge on any atom is 0.320 e. The molecule has 1 aliphatic carbocycles. The molecule has 1 saturated carbocycles. The Morgan fingerprint density at radius 2 is 2.00 bits per heavy atom. The van der Waals surface area contributed by atoms with E-state index in [9.17, 15) is 9.59 Å². The fraction of sp³-hybridized carbons (Fsp3) is 0.312. The molecule has 3 rings (SSSR count). The molecular weight excluding hydrogens is 296 g/mol. The van der Waals surface area contributed by atoms with Crippen LogP contribution >= 0.6 is 0 Å². The molecule has 0 spiro atoms. The monoisotopic (exact) mass is 314 g/mol. The average molecular weight is 314 g/mol. The maximum atomic E-state index is 11.9. The van der Waals surface area contributed by atoms with Gasteiger partial charge < -0.3 is 10.4 Å². The fourth-order valence-corrected chi connectivity index (χ4v) is 2.28. The highest BCUT2D eigenvalue weighted by molar-refractivity contribution is 5.89. The van der Waals surface area contributed by atoms with Crippen LogP contribution in [0.25, 0.3) is 5.69 Å². The number of carboxylic acids is 1. The molecule has 0 aliphatic heterocycles. The van der Waals surface area contributed by atoms with Crippen molar-refractivity contribution in [1.29, 1.82) is 0 Å². The van der Waals surface area contributed by atoms with Crippen molar-refractivity contribution in [3.8, 4) is 5.69 Å². The Balaban J connectivity index is 1.75. The number of rotatable bonds is 6. The van der Waals surface area contributed by atoms with Gasteiger partial charge in [0.25, 0.3) is 0 Å². The zero-order valence-corrected chi connectivity index (χ0v) is 12.5. The third kappa shape index (κ3) is 3.88. The van der Waals surface area contributed by atoms with Crippen LogP contribution in [0.4, 0.5) is 10.6 Å². The summed E-state index contributed by atoms with van der Waals surface area (Å²) >= 11 is 0. The molecule has 7 heteroatoms. The zero-order valence-electron chi connectivity index (χ0n) is 12.5. The van der Waals surface area contributed by atoms with Crippen molar-refractivity contribution in [2.75, 3.05) is 11.9 Å². The molecule has 1 aromatic carbocycles. The first kappa shape index (κ1) is 15.1. The lowest BCUT2D eigenvalue weighted by molar-refractivity contribution is -0.136. The van der Waals surface area contributed by atoms with Gasteiger partial charge in [0.1, 0.15) is 5.82 Å². The second-order valence-corrected chi connectivity index (χ2v) is 5.50. The minimum atomic E-state index is -0.948. The summed E-state index contributed by atoms with van der Waals surface area (Å²) in [6.45, 7) is 0.0795. The number of hydrogen-bond acceptors (Lipinski definition) is 3. The molecule has 3 N–H and O–H groups in total. The quantitative estimate of drug-likeness (QED) is 0.762. The van der Waals surface area contributed by atoms with Crippen LogP contribution in [-0.4, -0.2) is 33.4 Å². The summed E-state index contributed by atoms with van der Waals surface area (Å²) in [5.74, 6) is 0.0946. The van der Waals surface area contributed by atoms with Crippen LogP contribution in [0.2, 0.25) is 0 Å². The number of carbonyl (C=O) groups excluding carboxylic acids is 1. The topological polar surface area (TPSA) is 96.2 Å². The number of anilines is 1. The first-order valence-corrected chi connectivity index (χ1v) is 7.55. The number of aromatic nitrogens is 2. The van der Waals surface area contributed by atoms with Gasteiger partial charge in [0.15, 0.2) is 0 Å². The minimum absolute atomic E-state index is 0.0795. The molecule has 0 unspecified atom stereocenters. The van der Waals surface area contributed by atoms with Crippen molar-refractivity contribution in [1.82, 2.24) is 15.1 Å². The van der Waals surface area contributed by atoms with Crippen LogP contribution in [0.15, 0.2) is 36.4 Å². The lowest BCUT2D eigenvalue weighted by atomic mass is 10.3. The second kappa shape index (κ2) is 6.51. The fourth-order valence-electron chi connectivity index (χ4n) is 2.28. The van der Waals surface area contributed by atoms with Crippen molar-refractivity contribution in [2.24, 2.45) is 0 Å². The number of aliphatic carboxylic acids is 1. The van der Waals surface area contributed by atoms with Crippen molar-refractivity contribution in [2.45, 2.75) is 25.2 Å². The molecule has 2 aromatic rings. The summed E-state index contributed by atoms with van der Waals surface area (Å²) in [6.07, 6.45) is 2.13. The molecule has 23 heavy (non-hydrogen) atoms. The third-order valence-corrected chi connectivity index (χ3v) is 3.59. The molecule has 1 aliphatic rings. The Hall–Kier alpha value is -2.83. The van der Waals surface area contributed by atoms with Crippen LogP contribution in [0.1, 0.15) is 30.9 Å². The number of urea groups is 1. The molecule has 1 heterocycles. The van der Waals surface area contributed by atoms with Gasteiger partial charge in [-0.15, -0.1) is 0 Å². The van der Waals surface area contributed by atoms with E-state index in [1.165, 1.54) is 0 Å². The van der Waals surface area contributed by atoms with Gasteiger partial charge in [-0.1, -0.05) is 18.2 Å². The van der Waals surface area contributed by atoms with Crippen LogP contribution in [-0.2, 0) is 4.79 Å². The Bertz CT molecular complexity index is 707. The number of nitrogens with zero attached hydrogens (tertiary/aromatic N) is 2. The van der Waals surface area contributed by atoms with E-state index in [4.69, 9.17) is 5.11 Å². The first-order valence-electron chi connectivity index (χ1n) is 7.55. The van der Waals surface area contributed by atoms with Gasteiger partial charge in [-0.05, 0) is 25.0 Å². The van der Waals surface area contributed by atoms with Gasteiger partial charge >= 0.3 is 12.0 Å². The predicted octanol–water partition coefficient (Wildman–Crippen LogP) is 2.35. The standard InChI is InChI=1S/C16H18N4O3/c21-15(22)8-9-17-16(23)18-14-10-13(11-6-7-11)19-20(14)12-4-2-1-3-5-12/h1-5,10-11H,6-9H2,(H,21,22)(H2,17,18,23). The van der Waals surface area contributed by atoms with Gasteiger partial charge in [0.2, 0.25) is 0 Å². The molecule has 7 nitrogen and oxygen atoms in total. The van der Waals surface area contributed by atoms with E-state index in [0.29, 0.717) is 11.7 Å². The SMILES string of the molecule is O=C(O)CCNC(=O)Nc1cc(C2CC2)nn1-c1ccccc1. The van der Waals surface area contributed by atoms with Crippen LogP contribution in [0.3, 0.4) is 0 Å². The molecule has 1 fully saturated rings. The van der Waals surface area contributed by atoms with Gasteiger partial charge in [-0.3, -0.25) is 10.1 Å². The molecule has 0 saturated heterocycles. The smallest absolute Gasteiger partial charge is 0.320 e. The lowest BCUT2D eigenvalue weighted by Crippen LogP contribution is -2.31. The van der Waals surface area contributed by atoms with Crippen molar-refractivity contribution in [3.63, 3.8) is 0 Å². The molecular formula is C16H18N4O3. The summed E-state index contributed by atoms with van der Waals surface area (Å²) in [5.41, 5.74) is 1.83. The van der Waals surface area contributed by atoms with Crippen LogP contribution in [0, 0.1) is 0 Å². The summed E-state index contributed by atoms with van der Waals surface area (Å²) in [7, 11) is 0. The number of carboxylic acid groups (broad SMARTS) is 1. The Morgan fingerprint density at radius 1 is 1.26 bits per heavy atom. The van der Waals surface area contributed by atoms with E-state index >= 15 is 0 Å². The number of hydrogen-bond donors (Lipinski definition) is 3.